The maximum atomic E-state index is 12.6. The van der Waals surface area contributed by atoms with Crippen LogP contribution in [0.25, 0.3) is 0 Å². The molecule has 0 saturated carbocycles. The lowest BCUT2D eigenvalue weighted by molar-refractivity contribution is 0.102. The minimum atomic E-state index is -0.333. The number of carbonyl (C=O) groups is 1. The first-order valence-corrected chi connectivity index (χ1v) is 9.24. The van der Waals surface area contributed by atoms with E-state index >= 15 is 0 Å². The summed E-state index contributed by atoms with van der Waals surface area (Å²) in [7, 11) is 1.54. The third-order valence-corrected chi connectivity index (χ3v) is 4.51. The molecule has 0 saturated heterocycles. The second kappa shape index (κ2) is 9.19. The van der Waals surface area contributed by atoms with Crippen molar-refractivity contribution >= 4 is 29.0 Å². The van der Waals surface area contributed by atoms with Gasteiger partial charge in [-0.1, -0.05) is 41.9 Å². The Labute approximate surface area is 169 Å². The van der Waals surface area contributed by atoms with Gasteiger partial charge in [-0.3, -0.25) is 4.79 Å². The van der Waals surface area contributed by atoms with Gasteiger partial charge in [-0.25, -0.2) is 9.97 Å². The van der Waals surface area contributed by atoms with Gasteiger partial charge in [0.1, 0.15) is 23.6 Å². The van der Waals surface area contributed by atoms with Crippen molar-refractivity contribution in [3.63, 3.8) is 0 Å². The van der Waals surface area contributed by atoms with Crippen molar-refractivity contribution in [1.29, 1.82) is 0 Å². The van der Waals surface area contributed by atoms with Gasteiger partial charge in [0.15, 0.2) is 0 Å². The van der Waals surface area contributed by atoms with E-state index in [0.717, 1.165) is 6.54 Å². The van der Waals surface area contributed by atoms with Gasteiger partial charge >= 0.3 is 0 Å². The molecule has 7 heteroatoms. The molecular formula is C21H21ClN4O2. The molecular weight excluding hydrogens is 376 g/mol. The van der Waals surface area contributed by atoms with E-state index in [1.165, 1.54) is 19.0 Å². The van der Waals surface area contributed by atoms with E-state index < -0.39 is 0 Å². The van der Waals surface area contributed by atoms with E-state index in [0.29, 0.717) is 28.8 Å². The normalized spacial score (nSPS) is 10.4. The molecule has 1 heterocycles. The molecule has 0 unspecified atom stereocenters. The number of halogens is 1. The number of hydrogen-bond donors (Lipinski definition) is 1. The number of nitrogens with zero attached hydrogens (tertiary/aromatic N) is 3. The Morgan fingerprint density at radius 3 is 2.61 bits per heavy atom. The van der Waals surface area contributed by atoms with Crippen molar-refractivity contribution in [2.75, 3.05) is 23.9 Å². The number of benzene rings is 2. The Morgan fingerprint density at radius 1 is 1.14 bits per heavy atom. The molecule has 1 N–H and O–H groups in total. The van der Waals surface area contributed by atoms with Crippen LogP contribution in [0.1, 0.15) is 23.0 Å². The zero-order chi connectivity index (χ0) is 19.9. The number of aromatic nitrogens is 2. The summed E-state index contributed by atoms with van der Waals surface area (Å²) in [6, 6.07) is 16.8. The summed E-state index contributed by atoms with van der Waals surface area (Å²) in [5.41, 5.74) is 2.01. The Bertz CT molecular complexity index is 950. The first kappa shape index (κ1) is 19.6. The van der Waals surface area contributed by atoms with E-state index in [9.17, 15) is 4.79 Å². The molecule has 0 spiro atoms. The van der Waals surface area contributed by atoms with Crippen LogP contribution >= 0.6 is 11.6 Å². The summed E-state index contributed by atoms with van der Waals surface area (Å²) in [5.74, 6) is 0.906. The molecule has 0 aliphatic heterocycles. The number of hydrogen-bond acceptors (Lipinski definition) is 5. The molecule has 0 atom stereocenters. The summed E-state index contributed by atoms with van der Waals surface area (Å²) in [6.45, 7) is 3.49. The zero-order valence-corrected chi connectivity index (χ0v) is 16.5. The fourth-order valence-corrected chi connectivity index (χ4v) is 3.00. The maximum absolute atomic E-state index is 12.6. The second-order valence-corrected chi connectivity index (χ2v) is 6.47. The first-order valence-electron chi connectivity index (χ1n) is 8.86. The second-order valence-electron chi connectivity index (χ2n) is 6.06. The van der Waals surface area contributed by atoms with Crippen LogP contribution in [0.5, 0.6) is 5.75 Å². The highest BCUT2D eigenvalue weighted by Gasteiger charge is 2.13. The summed E-state index contributed by atoms with van der Waals surface area (Å²) in [6.07, 6.45) is 1.40. The van der Waals surface area contributed by atoms with Gasteiger partial charge in [-0.05, 0) is 30.7 Å². The molecule has 1 amide bonds. The van der Waals surface area contributed by atoms with Gasteiger partial charge in [0.05, 0.1) is 12.1 Å². The van der Waals surface area contributed by atoms with Crippen LogP contribution in [0.2, 0.25) is 5.02 Å². The van der Waals surface area contributed by atoms with Crippen LogP contribution in [-0.2, 0) is 6.54 Å². The lowest BCUT2D eigenvalue weighted by atomic mass is 10.2. The Kier molecular flexibility index (Phi) is 6.45. The van der Waals surface area contributed by atoms with Crippen LogP contribution in [0.15, 0.2) is 60.9 Å². The Morgan fingerprint density at radius 2 is 1.93 bits per heavy atom. The fourth-order valence-electron chi connectivity index (χ4n) is 2.74. The van der Waals surface area contributed by atoms with Crippen molar-refractivity contribution < 1.29 is 9.53 Å². The van der Waals surface area contributed by atoms with Crippen LogP contribution in [-0.4, -0.2) is 29.5 Å². The Hall–Kier alpha value is -3.12. The molecule has 0 fully saturated rings. The van der Waals surface area contributed by atoms with Gasteiger partial charge in [0.2, 0.25) is 0 Å². The molecule has 1 aromatic heterocycles. The minimum Gasteiger partial charge on any atom is -0.495 e. The van der Waals surface area contributed by atoms with Crippen LogP contribution in [0.4, 0.5) is 11.5 Å². The number of carbonyl (C=O) groups excluding carboxylic acids is 1. The highest BCUT2D eigenvalue weighted by Crippen LogP contribution is 2.27. The molecule has 6 nitrogen and oxygen atoms in total. The smallest absolute Gasteiger partial charge is 0.274 e. The van der Waals surface area contributed by atoms with E-state index in [1.54, 1.807) is 24.3 Å². The minimum absolute atomic E-state index is 0.281. The fraction of sp³-hybridized carbons (Fsp3) is 0.190. The molecule has 2 aromatic carbocycles. The van der Waals surface area contributed by atoms with Crippen LogP contribution in [0.3, 0.4) is 0 Å². The van der Waals surface area contributed by atoms with Gasteiger partial charge in [-0.2, -0.15) is 0 Å². The number of methoxy groups -OCH3 is 1. The van der Waals surface area contributed by atoms with Crippen molar-refractivity contribution in [3.05, 3.63) is 77.2 Å². The number of nitrogens with one attached hydrogen (secondary N) is 1. The summed E-state index contributed by atoms with van der Waals surface area (Å²) >= 11 is 6.11. The molecule has 0 aliphatic carbocycles. The first-order chi connectivity index (χ1) is 13.6. The van der Waals surface area contributed by atoms with E-state index in [2.05, 4.69) is 32.3 Å². The van der Waals surface area contributed by atoms with Gasteiger partial charge in [-0.15, -0.1) is 0 Å². The SMILES string of the molecule is CCN(Cc1ccccc1)c1cc(C(=O)Nc2ccc(OC)c(Cl)c2)ncn1. The average Bonchev–Trinajstić information content (AvgIpc) is 2.73. The summed E-state index contributed by atoms with van der Waals surface area (Å²) < 4.78 is 5.12. The summed E-state index contributed by atoms with van der Waals surface area (Å²) in [5, 5.41) is 3.22. The number of amides is 1. The topological polar surface area (TPSA) is 67.4 Å². The monoisotopic (exact) mass is 396 g/mol. The van der Waals surface area contributed by atoms with E-state index in [4.69, 9.17) is 16.3 Å². The molecule has 144 valence electrons. The lowest BCUT2D eigenvalue weighted by Crippen LogP contribution is -2.24. The van der Waals surface area contributed by atoms with Gasteiger partial charge < -0.3 is 15.0 Å². The largest absolute Gasteiger partial charge is 0.495 e. The highest BCUT2D eigenvalue weighted by molar-refractivity contribution is 6.32. The predicted molar refractivity (Wildman–Crippen MR) is 111 cm³/mol. The summed E-state index contributed by atoms with van der Waals surface area (Å²) in [4.78, 5) is 23.1. The number of rotatable bonds is 7. The number of anilines is 2. The molecule has 3 aromatic rings. The molecule has 0 bridgehead atoms. The zero-order valence-electron chi connectivity index (χ0n) is 15.7. The predicted octanol–water partition coefficient (Wildman–Crippen LogP) is 4.42. The quantitative estimate of drug-likeness (QED) is 0.640. The van der Waals surface area contributed by atoms with Crippen molar-refractivity contribution in [2.45, 2.75) is 13.5 Å². The van der Waals surface area contributed by atoms with Crippen molar-refractivity contribution in [1.82, 2.24) is 9.97 Å². The molecule has 3 rings (SSSR count). The van der Waals surface area contributed by atoms with Gasteiger partial charge in [0.25, 0.3) is 5.91 Å². The Balaban J connectivity index is 1.76. The van der Waals surface area contributed by atoms with Crippen molar-refractivity contribution in [2.24, 2.45) is 0 Å². The molecule has 0 radical (unpaired) electrons. The average molecular weight is 397 g/mol. The van der Waals surface area contributed by atoms with E-state index in [-0.39, 0.29) is 11.6 Å². The van der Waals surface area contributed by atoms with E-state index in [1.807, 2.05) is 25.1 Å². The molecule has 0 aliphatic rings. The van der Waals surface area contributed by atoms with Crippen molar-refractivity contribution in [3.8, 4) is 5.75 Å². The van der Waals surface area contributed by atoms with Crippen LogP contribution in [0, 0.1) is 0 Å². The van der Waals surface area contributed by atoms with Gasteiger partial charge in [0, 0.05) is 24.8 Å². The molecule has 28 heavy (non-hydrogen) atoms. The number of ether oxygens (including phenoxy) is 1. The third kappa shape index (κ3) is 4.78. The maximum Gasteiger partial charge on any atom is 0.274 e. The standard InChI is InChI=1S/C21H21ClN4O2/c1-3-26(13-15-7-5-4-6-8-15)20-12-18(23-14-24-20)21(27)25-16-9-10-19(28-2)17(22)11-16/h4-12,14H,3,13H2,1-2H3,(H,25,27). The highest BCUT2D eigenvalue weighted by atomic mass is 35.5. The lowest BCUT2D eigenvalue weighted by Gasteiger charge is -2.22. The van der Waals surface area contributed by atoms with Crippen LogP contribution < -0.4 is 15.0 Å². The third-order valence-electron chi connectivity index (χ3n) is 4.22.